The van der Waals surface area contributed by atoms with Gasteiger partial charge in [0, 0.05) is 52.2 Å². The molecule has 428 valence electrons. The van der Waals surface area contributed by atoms with Crippen LogP contribution in [0.2, 0.25) is 0 Å². The van der Waals surface area contributed by atoms with Gasteiger partial charge in [0.15, 0.2) is 45.1 Å². The van der Waals surface area contributed by atoms with Crippen LogP contribution in [0.3, 0.4) is 0 Å². The summed E-state index contributed by atoms with van der Waals surface area (Å²) in [5.41, 5.74) is 1.64. The number of carbonyl (C=O) groups excluding carboxylic acids is 1. The molecule has 2 atom stereocenters. The number of amides is 1. The Balaban J connectivity index is 0.000000189. The number of likely N-dealkylation sites (tertiary alicyclic amines) is 1. The van der Waals surface area contributed by atoms with Crippen LogP contribution < -0.4 is 14.8 Å². The highest BCUT2D eigenvalue weighted by atomic mass is 32.2. The third-order valence-electron chi connectivity index (χ3n) is 13.4. The van der Waals surface area contributed by atoms with Crippen LogP contribution in [0, 0.1) is 23.3 Å². The molecule has 0 bridgehead atoms. The molecule has 6 aromatic heterocycles. The summed E-state index contributed by atoms with van der Waals surface area (Å²) >= 11 is 3.18. The number of benzene rings is 2. The second kappa shape index (κ2) is 27.6. The first-order valence-electron chi connectivity index (χ1n) is 26.7. The summed E-state index contributed by atoms with van der Waals surface area (Å²) in [4.78, 5) is 25.2. The smallest absolute Gasteiger partial charge is 0.407 e. The molecule has 2 aliphatic carbocycles. The molecule has 82 heavy (non-hydrogen) atoms. The Bertz CT molecular complexity index is 3470. The van der Waals surface area contributed by atoms with Crippen molar-refractivity contribution in [3.63, 3.8) is 0 Å². The predicted molar refractivity (Wildman–Crippen MR) is 295 cm³/mol. The number of pyridine rings is 2. The molecule has 1 fully saturated rings. The lowest BCUT2D eigenvalue weighted by atomic mass is 10.1. The number of nitrogens with zero attached hydrogens (tertiary/aromatic N) is 15. The lowest BCUT2D eigenvalue weighted by molar-refractivity contribution is 0.129. The summed E-state index contributed by atoms with van der Waals surface area (Å²) in [5.74, 6) is -2.65. The number of halogens is 4. The van der Waals surface area contributed by atoms with Crippen molar-refractivity contribution in [1.82, 2.24) is 79.7 Å². The normalized spacial score (nSPS) is 16.4. The van der Waals surface area contributed by atoms with Crippen molar-refractivity contribution in [1.29, 1.82) is 0 Å². The highest BCUT2D eigenvalue weighted by Crippen LogP contribution is 2.35. The van der Waals surface area contributed by atoms with Crippen LogP contribution in [0.1, 0.15) is 63.0 Å². The Morgan fingerprint density at radius 2 is 1.18 bits per heavy atom. The quantitative estimate of drug-likeness (QED) is 0.0537. The van der Waals surface area contributed by atoms with E-state index < -0.39 is 29.4 Å². The summed E-state index contributed by atoms with van der Waals surface area (Å²) in [5, 5.41) is 47.3. The van der Waals surface area contributed by atoms with Crippen molar-refractivity contribution < 1.29 is 41.7 Å². The zero-order valence-corrected chi connectivity index (χ0v) is 46.2. The van der Waals surface area contributed by atoms with Crippen molar-refractivity contribution >= 4 is 29.6 Å². The first kappa shape index (κ1) is 57.2. The minimum Gasteiger partial charge on any atom is -0.482 e. The van der Waals surface area contributed by atoms with Crippen LogP contribution in [-0.4, -0.2) is 135 Å². The van der Waals surface area contributed by atoms with Crippen LogP contribution in [0.25, 0.3) is 33.9 Å². The number of nitrogens with one attached hydrogen (secondary N) is 1. The molecule has 21 nitrogen and oxygen atoms in total. The lowest BCUT2D eigenvalue weighted by Gasteiger charge is -2.29. The molecule has 11 rings (SSSR count). The maximum atomic E-state index is 15.2. The van der Waals surface area contributed by atoms with Crippen LogP contribution in [-0.2, 0) is 31.0 Å². The van der Waals surface area contributed by atoms with Gasteiger partial charge in [-0.15, -0.1) is 20.4 Å². The van der Waals surface area contributed by atoms with Crippen LogP contribution in [0.5, 0.6) is 11.5 Å². The number of thioether (sulfide) groups is 2. The number of aliphatic hydroxyl groups is 1. The number of piperidine rings is 1. The van der Waals surface area contributed by atoms with E-state index in [4.69, 9.17) is 19.3 Å². The fraction of sp³-hybridized carbons (Fsp3) is 0.364. The fourth-order valence-corrected chi connectivity index (χ4v) is 11.4. The first-order chi connectivity index (χ1) is 40.0. The van der Waals surface area contributed by atoms with Crippen molar-refractivity contribution in [2.24, 2.45) is 0 Å². The number of carbonyl (C=O) groups is 1. The van der Waals surface area contributed by atoms with Gasteiger partial charge in [0.25, 0.3) is 0 Å². The van der Waals surface area contributed by atoms with E-state index in [9.17, 15) is 13.6 Å². The molecule has 3 aliphatic rings. The number of allylic oxidation sites excluding steroid dienone is 2. The van der Waals surface area contributed by atoms with Gasteiger partial charge in [-0.05, 0) is 108 Å². The van der Waals surface area contributed by atoms with Crippen LogP contribution in [0.15, 0.2) is 120 Å². The molecule has 2 N–H and O–H groups in total. The predicted octanol–water partition coefficient (Wildman–Crippen LogP) is 8.77. The second-order valence-electron chi connectivity index (χ2n) is 19.3. The van der Waals surface area contributed by atoms with Gasteiger partial charge in [0.2, 0.25) is 0 Å². The topological polar surface area (TPSA) is 229 Å². The third-order valence-corrected chi connectivity index (χ3v) is 15.7. The van der Waals surface area contributed by atoms with Gasteiger partial charge in [-0.1, -0.05) is 47.8 Å². The molecule has 8 aromatic rings. The van der Waals surface area contributed by atoms with Gasteiger partial charge in [-0.2, -0.15) is 30.0 Å². The first-order valence-corrected chi connectivity index (χ1v) is 28.4. The maximum Gasteiger partial charge on any atom is 0.407 e. The number of hydrogen-bond donors (Lipinski definition) is 2. The molecule has 1 aliphatic heterocycles. The minimum absolute atomic E-state index is 0.0252. The van der Waals surface area contributed by atoms with Crippen molar-refractivity contribution in [3.8, 4) is 45.4 Å². The second-order valence-corrected chi connectivity index (χ2v) is 21.7. The molecular formula is C55H58F4N16O5S2. The van der Waals surface area contributed by atoms with E-state index in [-0.39, 0.29) is 90.1 Å². The molecule has 0 radical (unpaired) electrons. The Kier molecular flexibility index (Phi) is 19.3. The summed E-state index contributed by atoms with van der Waals surface area (Å²) in [7, 11) is 2.05. The molecule has 2 unspecified atom stereocenters. The number of aliphatic hydroxyl groups excluding tert-OH is 1. The van der Waals surface area contributed by atoms with Crippen molar-refractivity contribution in [3.05, 3.63) is 145 Å². The standard InChI is InChI=1S/C31H35F2N9O3S.C24H23F2N7O2S/c1-40-12-9-21(10-13-40)36-31(43)44-15-14-41-35-19-27(39-41)24-16-26(33)28(17-25(24)32)45-20-29-37-38-30(46-23-7-3-2-4-8-23)42(29)22-6-5-11-34-18-22;25-19-12-22(20(26)11-18(19)21-14-28-32(31-21)9-10-34)35-15-23-29-30-24(36-17-6-2-1-3-7-17)33(23)16-5-4-8-27-13-16/h3,5-7,11,16-19,21,23H,2,4,8-10,12-15,20H2,1H3,(H,36,43);2,4-6,8,11-14,17,34H,1,3,7,9-10,15H2. The Labute approximate surface area is 477 Å². The van der Waals surface area contributed by atoms with E-state index in [2.05, 4.69) is 85.3 Å². The zero-order valence-electron chi connectivity index (χ0n) is 44.6. The van der Waals surface area contributed by atoms with Gasteiger partial charge in [-0.3, -0.25) is 19.1 Å². The average molecular weight is 1160 g/mol. The average Bonchev–Trinajstić information content (AvgIpc) is 4.53. The number of rotatable bonds is 20. The Morgan fingerprint density at radius 3 is 1.65 bits per heavy atom. The fourth-order valence-electron chi connectivity index (χ4n) is 9.14. The van der Waals surface area contributed by atoms with Gasteiger partial charge < -0.3 is 29.5 Å². The maximum absolute atomic E-state index is 15.2. The van der Waals surface area contributed by atoms with E-state index in [1.165, 1.54) is 22.0 Å². The highest BCUT2D eigenvalue weighted by Gasteiger charge is 2.25. The summed E-state index contributed by atoms with van der Waals surface area (Å²) < 4.78 is 80.3. The monoisotopic (exact) mass is 1160 g/mol. The number of ether oxygens (including phenoxy) is 3. The zero-order chi connectivity index (χ0) is 56.8. The molecule has 2 aromatic carbocycles. The van der Waals surface area contributed by atoms with Crippen LogP contribution >= 0.6 is 23.5 Å². The largest absolute Gasteiger partial charge is 0.482 e. The third kappa shape index (κ3) is 14.7. The molecular weight excluding hydrogens is 1100 g/mol. The molecule has 0 spiro atoms. The molecule has 0 saturated carbocycles. The Hall–Kier alpha value is -8.01. The van der Waals surface area contributed by atoms with E-state index >= 15 is 8.78 Å². The molecule has 27 heteroatoms. The van der Waals surface area contributed by atoms with Gasteiger partial charge in [-0.25, -0.2) is 22.4 Å². The molecule has 1 saturated heterocycles. The molecule has 7 heterocycles. The van der Waals surface area contributed by atoms with E-state index in [0.717, 1.165) is 100 Å². The molecule has 1 amide bonds. The van der Waals surface area contributed by atoms with E-state index in [0.29, 0.717) is 22.0 Å². The summed E-state index contributed by atoms with van der Waals surface area (Å²) in [6.07, 6.45) is 25.7. The van der Waals surface area contributed by atoms with E-state index in [1.54, 1.807) is 60.4 Å². The van der Waals surface area contributed by atoms with Gasteiger partial charge in [0.1, 0.15) is 42.8 Å². The highest BCUT2D eigenvalue weighted by molar-refractivity contribution is 8.00. The van der Waals surface area contributed by atoms with Crippen molar-refractivity contribution in [2.75, 3.05) is 33.4 Å². The van der Waals surface area contributed by atoms with Gasteiger partial charge >= 0.3 is 6.09 Å². The number of alkyl carbamates (subject to hydrolysis) is 1. The van der Waals surface area contributed by atoms with E-state index in [1.807, 2.05) is 28.3 Å². The summed E-state index contributed by atoms with van der Waals surface area (Å²) in [6, 6.07) is 11.4. The number of hydrogen-bond acceptors (Lipinski definition) is 18. The van der Waals surface area contributed by atoms with Crippen LogP contribution in [0.4, 0.5) is 22.4 Å². The van der Waals surface area contributed by atoms with Gasteiger partial charge in [0.05, 0.1) is 55.9 Å². The SMILES string of the molecule is CN1CCC(NC(=O)OCCn2ncc(-c3cc(F)c(OCc4nnc(SC5C=CCCC5)n4-c4cccnc4)cc3F)n2)CC1.OCCn1ncc(-c2cc(F)c(OCc3nnc(SC4C=CCCC4)n3-c3cccnc3)cc2F)n1. The minimum atomic E-state index is -0.769. The Morgan fingerprint density at radius 1 is 0.671 bits per heavy atom. The summed E-state index contributed by atoms with van der Waals surface area (Å²) in [6.45, 7) is 1.72. The van der Waals surface area contributed by atoms with Crippen molar-refractivity contribution in [2.45, 2.75) is 105 Å². The lowest BCUT2D eigenvalue weighted by Crippen LogP contribution is -2.43. The number of aromatic nitrogens is 14.